The lowest BCUT2D eigenvalue weighted by molar-refractivity contribution is -0.116. The Morgan fingerprint density at radius 3 is 2.29 bits per heavy atom. The first-order chi connectivity index (χ1) is 9.92. The lowest BCUT2D eigenvalue weighted by Crippen LogP contribution is -2.31. The van der Waals surface area contributed by atoms with Crippen LogP contribution in [0.5, 0.6) is 0 Å². The van der Waals surface area contributed by atoms with Crippen LogP contribution >= 0.6 is 0 Å². The maximum absolute atomic E-state index is 11.5. The number of anilines is 2. The van der Waals surface area contributed by atoms with E-state index in [1.807, 2.05) is 18.3 Å². The van der Waals surface area contributed by atoms with Gasteiger partial charge >= 0.3 is 0 Å². The molecule has 118 valence electrons. The summed E-state index contributed by atoms with van der Waals surface area (Å²) in [5, 5.41) is 2.74. The van der Waals surface area contributed by atoms with Crippen LogP contribution in [0.25, 0.3) is 0 Å². The zero-order valence-corrected chi connectivity index (χ0v) is 13.6. The van der Waals surface area contributed by atoms with Crippen LogP contribution in [-0.2, 0) is 4.79 Å². The number of hydrogen-bond acceptors (Lipinski definition) is 4. The Morgan fingerprint density at radius 1 is 1.24 bits per heavy atom. The van der Waals surface area contributed by atoms with Crippen LogP contribution < -0.4 is 16.0 Å². The number of nitrogens with one attached hydrogen (secondary N) is 1. The number of rotatable bonds is 8. The standard InChI is InChI=1S/C16H28N4O/c1-12(2)10-20(11-13(3)4)14-5-6-15(18-9-14)19-16(21)7-8-17/h5-6,9,12-13H,7-8,10-11,17H2,1-4H3,(H,18,19,21). The highest BCUT2D eigenvalue weighted by Gasteiger charge is 2.11. The van der Waals surface area contributed by atoms with Gasteiger partial charge in [-0.2, -0.15) is 0 Å². The summed E-state index contributed by atoms with van der Waals surface area (Å²) in [6, 6.07) is 3.85. The van der Waals surface area contributed by atoms with Gasteiger partial charge in [-0.25, -0.2) is 4.98 Å². The van der Waals surface area contributed by atoms with Crippen molar-refractivity contribution in [3.63, 3.8) is 0 Å². The summed E-state index contributed by atoms with van der Waals surface area (Å²) in [6.07, 6.45) is 2.14. The Kier molecular flexibility index (Phi) is 7.15. The van der Waals surface area contributed by atoms with E-state index in [-0.39, 0.29) is 5.91 Å². The van der Waals surface area contributed by atoms with Gasteiger partial charge in [-0.15, -0.1) is 0 Å². The van der Waals surface area contributed by atoms with Crippen LogP contribution in [0.2, 0.25) is 0 Å². The fourth-order valence-electron chi connectivity index (χ4n) is 2.15. The molecular formula is C16H28N4O. The molecule has 1 rings (SSSR count). The molecule has 0 aliphatic rings. The number of hydrogen-bond donors (Lipinski definition) is 2. The minimum atomic E-state index is -0.0982. The second kappa shape index (κ2) is 8.62. The van der Waals surface area contributed by atoms with E-state index in [1.165, 1.54) is 0 Å². The lowest BCUT2D eigenvalue weighted by Gasteiger charge is -2.28. The van der Waals surface area contributed by atoms with E-state index in [9.17, 15) is 4.79 Å². The zero-order valence-electron chi connectivity index (χ0n) is 13.6. The van der Waals surface area contributed by atoms with Crippen LogP contribution in [0.4, 0.5) is 11.5 Å². The highest BCUT2D eigenvalue weighted by Crippen LogP contribution is 2.18. The third-order valence-corrected chi connectivity index (χ3v) is 2.92. The van der Waals surface area contributed by atoms with Gasteiger partial charge < -0.3 is 16.0 Å². The van der Waals surface area contributed by atoms with Gasteiger partial charge in [0, 0.05) is 26.1 Å². The van der Waals surface area contributed by atoms with E-state index in [0.29, 0.717) is 30.6 Å². The summed E-state index contributed by atoms with van der Waals surface area (Å²) in [5.41, 5.74) is 6.44. The van der Waals surface area contributed by atoms with Gasteiger partial charge in [0.05, 0.1) is 11.9 Å². The van der Waals surface area contributed by atoms with Crippen molar-refractivity contribution in [2.45, 2.75) is 34.1 Å². The number of pyridine rings is 1. The normalized spacial score (nSPS) is 11.0. The highest BCUT2D eigenvalue weighted by atomic mass is 16.1. The molecule has 1 aromatic rings. The van der Waals surface area contributed by atoms with Crippen molar-refractivity contribution in [3.05, 3.63) is 18.3 Å². The second-order valence-electron chi connectivity index (χ2n) is 6.18. The number of amides is 1. The number of aromatic nitrogens is 1. The molecule has 5 heteroatoms. The molecule has 0 atom stereocenters. The molecule has 0 spiro atoms. The zero-order chi connectivity index (χ0) is 15.8. The van der Waals surface area contributed by atoms with Crippen LogP contribution in [0.1, 0.15) is 34.1 Å². The molecule has 0 bridgehead atoms. The predicted molar refractivity (Wildman–Crippen MR) is 88.4 cm³/mol. The Hall–Kier alpha value is -1.62. The first-order valence-corrected chi connectivity index (χ1v) is 7.63. The molecule has 0 unspecified atom stereocenters. The van der Waals surface area contributed by atoms with Gasteiger partial charge in [-0.1, -0.05) is 27.7 Å². The quantitative estimate of drug-likeness (QED) is 0.772. The lowest BCUT2D eigenvalue weighted by atomic mass is 10.1. The molecule has 1 amide bonds. The number of carbonyl (C=O) groups is 1. The average molecular weight is 292 g/mol. The average Bonchev–Trinajstić information content (AvgIpc) is 2.38. The Bertz CT molecular complexity index is 418. The molecule has 0 aromatic carbocycles. The summed E-state index contributed by atoms with van der Waals surface area (Å²) in [4.78, 5) is 18.1. The molecule has 0 aliphatic carbocycles. The van der Waals surface area contributed by atoms with E-state index in [2.05, 4.69) is 42.9 Å². The molecule has 0 radical (unpaired) electrons. The van der Waals surface area contributed by atoms with Crippen molar-refractivity contribution < 1.29 is 4.79 Å². The van der Waals surface area contributed by atoms with Gasteiger partial charge in [0.25, 0.3) is 0 Å². The number of nitrogens with two attached hydrogens (primary N) is 1. The van der Waals surface area contributed by atoms with E-state index >= 15 is 0 Å². The Labute approximate surface area is 127 Å². The predicted octanol–water partition coefficient (Wildman–Crippen LogP) is 2.49. The smallest absolute Gasteiger partial charge is 0.226 e. The van der Waals surface area contributed by atoms with Gasteiger partial charge in [-0.05, 0) is 24.0 Å². The van der Waals surface area contributed by atoms with Crippen molar-refractivity contribution in [3.8, 4) is 0 Å². The molecule has 0 saturated carbocycles. The number of nitrogens with zero attached hydrogens (tertiary/aromatic N) is 2. The summed E-state index contributed by atoms with van der Waals surface area (Å²) < 4.78 is 0. The fraction of sp³-hybridized carbons (Fsp3) is 0.625. The van der Waals surface area contributed by atoms with Crippen molar-refractivity contribution >= 4 is 17.4 Å². The summed E-state index contributed by atoms with van der Waals surface area (Å²) in [7, 11) is 0. The van der Waals surface area contributed by atoms with Gasteiger partial charge in [0.15, 0.2) is 0 Å². The molecule has 3 N–H and O–H groups in total. The third-order valence-electron chi connectivity index (χ3n) is 2.92. The van der Waals surface area contributed by atoms with E-state index < -0.39 is 0 Å². The molecule has 1 heterocycles. The van der Waals surface area contributed by atoms with E-state index in [0.717, 1.165) is 18.8 Å². The van der Waals surface area contributed by atoms with Gasteiger partial charge in [-0.3, -0.25) is 4.79 Å². The van der Waals surface area contributed by atoms with E-state index in [1.54, 1.807) is 0 Å². The molecular weight excluding hydrogens is 264 g/mol. The van der Waals surface area contributed by atoms with Gasteiger partial charge in [0.1, 0.15) is 5.82 Å². The minimum absolute atomic E-state index is 0.0982. The molecule has 0 aliphatic heterocycles. The highest BCUT2D eigenvalue weighted by molar-refractivity contribution is 5.89. The Morgan fingerprint density at radius 2 is 1.86 bits per heavy atom. The molecule has 0 saturated heterocycles. The van der Waals surface area contributed by atoms with E-state index in [4.69, 9.17) is 5.73 Å². The van der Waals surface area contributed by atoms with Crippen molar-refractivity contribution in [2.24, 2.45) is 17.6 Å². The summed E-state index contributed by atoms with van der Waals surface area (Å²) >= 11 is 0. The number of carbonyl (C=O) groups excluding carboxylic acids is 1. The van der Waals surface area contributed by atoms with Crippen LogP contribution in [0.15, 0.2) is 18.3 Å². The SMILES string of the molecule is CC(C)CN(CC(C)C)c1ccc(NC(=O)CCN)nc1. The maximum atomic E-state index is 11.5. The monoisotopic (exact) mass is 292 g/mol. The molecule has 0 fully saturated rings. The minimum Gasteiger partial charge on any atom is -0.370 e. The summed E-state index contributed by atoms with van der Waals surface area (Å²) in [5.74, 6) is 1.66. The first-order valence-electron chi connectivity index (χ1n) is 7.63. The van der Waals surface area contributed by atoms with Crippen LogP contribution in [0.3, 0.4) is 0 Å². The van der Waals surface area contributed by atoms with Crippen LogP contribution in [-0.4, -0.2) is 30.5 Å². The second-order valence-corrected chi connectivity index (χ2v) is 6.18. The van der Waals surface area contributed by atoms with Crippen molar-refractivity contribution in [1.29, 1.82) is 0 Å². The topological polar surface area (TPSA) is 71.2 Å². The van der Waals surface area contributed by atoms with Gasteiger partial charge in [0.2, 0.25) is 5.91 Å². The molecule has 5 nitrogen and oxygen atoms in total. The largest absolute Gasteiger partial charge is 0.370 e. The fourth-order valence-corrected chi connectivity index (χ4v) is 2.15. The van der Waals surface area contributed by atoms with Crippen molar-refractivity contribution in [1.82, 2.24) is 4.98 Å². The molecule has 1 aromatic heterocycles. The first kappa shape index (κ1) is 17.4. The third kappa shape index (κ3) is 6.58. The van der Waals surface area contributed by atoms with Crippen molar-refractivity contribution in [2.75, 3.05) is 29.9 Å². The Balaban J connectivity index is 2.74. The van der Waals surface area contributed by atoms with Crippen LogP contribution in [0, 0.1) is 11.8 Å². The molecule has 21 heavy (non-hydrogen) atoms. The summed E-state index contributed by atoms with van der Waals surface area (Å²) in [6.45, 7) is 11.2. The maximum Gasteiger partial charge on any atom is 0.226 e.